The van der Waals surface area contributed by atoms with Gasteiger partial charge in [0.15, 0.2) is 0 Å². The molecule has 0 radical (unpaired) electrons. The van der Waals surface area contributed by atoms with Gasteiger partial charge >= 0.3 is 0 Å². The molecule has 3 aromatic rings. The highest BCUT2D eigenvalue weighted by Crippen LogP contribution is 2.43. The molecular weight excluding hydrogens is 496 g/mol. The molecular formula is C29H30N6O4. The van der Waals surface area contributed by atoms with E-state index in [0.29, 0.717) is 42.7 Å². The van der Waals surface area contributed by atoms with Gasteiger partial charge in [0.05, 0.1) is 29.7 Å². The molecule has 3 fully saturated rings. The summed E-state index contributed by atoms with van der Waals surface area (Å²) in [6.45, 7) is 1.25. The molecule has 7 rings (SSSR count). The first-order chi connectivity index (χ1) is 19.1. The quantitative estimate of drug-likeness (QED) is 0.509. The molecule has 3 aliphatic heterocycles. The fourth-order valence-corrected chi connectivity index (χ4v) is 6.04. The third-order valence-electron chi connectivity index (χ3n) is 8.28. The molecule has 0 unspecified atom stereocenters. The van der Waals surface area contributed by atoms with Gasteiger partial charge in [0.2, 0.25) is 23.6 Å². The fraction of sp³-hybridized carbons (Fsp3) is 0.414. The molecule has 2 amide bonds. The van der Waals surface area contributed by atoms with Crippen LogP contribution in [0.4, 0.5) is 23.0 Å². The molecule has 2 saturated heterocycles. The van der Waals surface area contributed by atoms with Crippen LogP contribution in [0.15, 0.2) is 42.7 Å². The molecule has 5 heterocycles. The molecule has 10 nitrogen and oxygen atoms in total. The van der Waals surface area contributed by atoms with E-state index in [1.807, 2.05) is 46.3 Å². The van der Waals surface area contributed by atoms with Crippen molar-refractivity contribution in [2.24, 2.45) is 0 Å². The minimum atomic E-state index is 0.0616. The first-order valence-corrected chi connectivity index (χ1v) is 13.6. The average molecular weight is 527 g/mol. The fourth-order valence-electron chi connectivity index (χ4n) is 6.04. The molecule has 0 bridgehead atoms. The molecule has 2 aromatic heterocycles. The van der Waals surface area contributed by atoms with E-state index in [1.54, 1.807) is 13.3 Å². The maximum atomic E-state index is 12.5. The molecule has 4 aliphatic rings. The number of hydrogen-bond donors (Lipinski definition) is 1. The molecule has 0 spiro atoms. The van der Waals surface area contributed by atoms with Crippen molar-refractivity contribution in [3.05, 3.63) is 48.4 Å². The van der Waals surface area contributed by atoms with Gasteiger partial charge in [-0.1, -0.05) is 12.1 Å². The summed E-state index contributed by atoms with van der Waals surface area (Å²) >= 11 is 0. The number of fused-ring (bicyclic) bond motifs is 3. The Morgan fingerprint density at radius 2 is 1.90 bits per heavy atom. The van der Waals surface area contributed by atoms with Gasteiger partial charge in [-0.3, -0.25) is 9.59 Å². The lowest BCUT2D eigenvalue weighted by Crippen LogP contribution is -2.40. The van der Waals surface area contributed by atoms with Gasteiger partial charge < -0.3 is 24.6 Å². The molecule has 1 aromatic carbocycles. The van der Waals surface area contributed by atoms with Crippen molar-refractivity contribution in [3.63, 3.8) is 0 Å². The molecule has 10 heteroatoms. The number of aromatic nitrogens is 3. The maximum absolute atomic E-state index is 12.5. The Labute approximate surface area is 226 Å². The number of carbonyl (C=O) groups is 2. The highest BCUT2D eigenvalue weighted by Gasteiger charge is 2.38. The maximum Gasteiger partial charge on any atom is 0.238 e. The summed E-state index contributed by atoms with van der Waals surface area (Å²) < 4.78 is 11.3. The van der Waals surface area contributed by atoms with Crippen LogP contribution in [0, 0.1) is 0 Å². The Balaban J connectivity index is 1.18. The minimum absolute atomic E-state index is 0.0616. The predicted molar refractivity (Wildman–Crippen MR) is 145 cm³/mol. The number of hydrogen-bond acceptors (Lipinski definition) is 8. The van der Waals surface area contributed by atoms with Crippen molar-refractivity contribution in [2.75, 3.05) is 35.4 Å². The zero-order valence-corrected chi connectivity index (χ0v) is 21.8. The second-order valence-corrected chi connectivity index (χ2v) is 10.7. The van der Waals surface area contributed by atoms with Gasteiger partial charge in [-0.2, -0.15) is 0 Å². The van der Waals surface area contributed by atoms with Gasteiger partial charge in [0, 0.05) is 49.9 Å². The molecule has 1 atom stereocenters. The summed E-state index contributed by atoms with van der Waals surface area (Å²) in [5, 5.41) is 3.29. The monoisotopic (exact) mass is 526 g/mol. The van der Waals surface area contributed by atoms with Crippen LogP contribution in [0.2, 0.25) is 0 Å². The number of rotatable bonds is 6. The summed E-state index contributed by atoms with van der Waals surface area (Å²) in [5.41, 5.74) is 5.26. The minimum Gasteiger partial charge on any atom is -0.474 e. The number of ether oxygens (including phenoxy) is 2. The smallest absolute Gasteiger partial charge is 0.238 e. The average Bonchev–Trinajstić information content (AvgIpc) is 3.54. The van der Waals surface area contributed by atoms with Crippen molar-refractivity contribution < 1.29 is 19.1 Å². The van der Waals surface area contributed by atoms with Crippen LogP contribution in [-0.4, -0.2) is 59.2 Å². The van der Waals surface area contributed by atoms with E-state index < -0.39 is 0 Å². The lowest BCUT2D eigenvalue weighted by atomic mass is 9.78. The summed E-state index contributed by atoms with van der Waals surface area (Å²) in [4.78, 5) is 42.4. The standard InChI is InChI=1S/C29H30N6O4/c1-38-22-11-18(12-22)27-23(17-4-6-20(7-5-17)34-10-2-3-25(34)36)15-31-29(33-27)32-19-13-24-28(30-14-19)39-16-21-8-9-26(37)35(21)24/h4-7,13-15,18,21-22H,2-3,8-12,16H2,1H3,(H,31,32,33)/t18?,21-,22?/m0/s1. The Morgan fingerprint density at radius 3 is 2.67 bits per heavy atom. The summed E-state index contributed by atoms with van der Waals surface area (Å²) in [7, 11) is 1.75. The third-order valence-corrected chi connectivity index (χ3v) is 8.28. The van der Waals surface area contributed by atoms with E-state index in [1.165, 1.54) is 0 Å². The summed E-state index contributed by atoms with van der Waals surface area (Å²) in [5.74, 6) is 1.48. The Morgan fingerprint density at radius 1 is 1.05 bits per heavy atom. The largest absolute Gasteiger partial charge is 0.474 e. The lowest BCUT2D eigenvalue weighted by Gasteiger charge is -2.34. The number of methoxy groups -OCH3 is 1. The number of carbonyl (C=O) groups excluding carboxylic acids is 2. The van der Waals surface area contributed by atoms with Gasteiger partial charge in [0.1, 0.15) is 12.3 Å². The van der Waals surface area contributed by atoms with E-state index in [4.69, 9.17) is 14.5 Å². The number of nitrogens with one attached hydrogen (secondary N) is 1. The number of nitrogens with zero attached hydrogens (tertiary/aromatic N) is 5. The van der Waals surface area contributed by atoms with Gasteiger partial charge in [-0.25, -0.2) is 15.0 Å². The Kier molecular flexibility index (Phi) is 5.92. The van der Waals surface area contributed by atoms with Crippen LogP contribution in [0.1, 0.15) is 50.1 Å². The highest BCUT2D eigenvalue weighted by molar-refractivity contribution is 5.98. The topological polar surface area (TPSA) is 110 Å². The zero-order chi connectivity index (χ0) is 26.5. The van der Waals surface area contributed by atoms with Crippen LogP contribution in [0.25, 0.3) is 11.1 Å². The van der Waals surface area contributed by atoms with Gasteiger partial charge in [-0.15, -0.1) is 0 Å². The second-order valence-electron chi connectivity index (χ2n) is 10.7. The van der Waals surface area contributed by atoms with Crippen LogP contribution < -0.4 is 19.9 Å². The molecule has 1 N–H and O–H groups in total. The molecule has 200 valence electrons. The van der Waals surface area contributed by atoms with Crippen molar-refractivity contribution >= 4 is 34.8 Å². The number of pyridine rings is 1. The van der Waals surface area contributed by atoms with Crippen LogP contribution in [0.5, 0.6) is 5.88 Å². The van der Waals surface area contributed by atoms with Crippen LogP contribution >= 0.6 is 0 Å². The van der Waals surface area contributed by atoms with E-state index >= 15 is 0 Å². The number of amides is 2. The van der Waals surface area contributed by atoms with E-state index in [0.717, 1.165) is 54.7 Å². The van der Waals surface area contributed by atoms with E-state index in [-0.39, 0.29) is 29.9 Å². The third kappa shape index (κ3) is 4.28. The summed E-state index contributed by atoms with van der Waals surface area (Å²) in [6.07, 6.45) is 8.40. The molecule has 1 saturated carbocycles. The SMILES string of the molecule is COC1CC(c2nc(Nc3cnc4c(c3)N3C(=O)CC[C@H]3CO4)ncc2-c2ccc(N3CCCC3=O)cc2)C1. The first-order valence-electron chi connectivity index (χ1n) is 13.6. The van der Waals surface area contributed by atoms with Crippen molar-refractivity contribution in [1.29, 1.82) is 0 Å². The van der Waals surface area contributed by atoms with Gasteiger partial charge in [-0.05, 0) is 49.4 Å². The molecule has 39 heavy (non-hydrogen) atoms. The zero-order valence-electron chi connectivity index (χ0n) is 21.8. The first kappa shape index (κ1) is 24.0. The van der Waals surface area contributed by atoms with Crippen molar-refractivity contribution in [3.8, 4) is 17.0 Å². The predicted octanol–water partition coefficient (Wildman–Crippen LogP) is 4.19. The van der Waals surface area contributed by atoms with Crippen molar-refractivity contribution in [2.45, 2.75) is 56.6 Å². The van der Waals surface area contributed by atoms with E-state index in [2.05, 4.69) is 15.3 Å². The van der Waals surface area contributed by atoms with Crippen LogP contribution in [-0.2, 0) is 14.3 Å². The normalized spacial score (nSPS) is 23.8. The second kappa shape index (κ2) is 9.60. The van der Waals surface area contributed by atoms with Crippen LogP contribution in [0.3, 0.4) is 0 Å². The Hall–Kier alpha value is -4.05. The lowest BCUT2D eigenvalue weighted by molar-refractivity contribution is -0.118. The van der Waals surface area contributed by atoms with Gasteiger partial charge in [0.25, 0.3) is 0 Å². The molecule has 1 aliphatic carbocycles. The summed E-state index contributed by atoms with van der Waals surface area (Å²) in [6, 6.07) is 10.0. The number of anilines is 4. The Bertz CT molecular complexity index is 1440. The number of benzene rings is 1. The van der Waals surface area contributed by atoms with E-state index in [9.17, 15) is 9.59 Å². The van der Waals surface area contributed by atoms with Crippen molar-refractivity contribution in [1.82, 2.24) is 15.0 Å². The highest BCUT2D eigenvalue weighted by atomic mass is 16.5.